The van der Waals surface area contributed by atoms with Crippen molar-refractivity contribution in [3.05, 3.63) is 18.2 Å². The van der Waals surface area contributed by atoms with E-state index < -0.39 is 10.0 Å². The van der Waals surface area contributed by atoms with Crippen LogP contribution < -0.4 is 15.8 Å². The monoisotopic (exact) mass is 285 g/mol. The van der Waals surface area contributed by atoms with Gasteiger partial charge in [-0.05, 0) is 31.0 Å². The summed E-state index contributed by atoms with van der Waals surface area (Å²) in [5.41, 5.74) is 6.93. The summed E-state index contributed by atoms with van der Waals surface area (Å²) in [7, 11) is -2.03. The summed E-state index contributed by atoms with van der Waals surface area (Å²) in [6, 6.07) is 4.71. The number of nitrogens with two attached hydrogens (primary N) is 2. The molecule has 106 valence electrons. The van der Waals surface area contributed by atoms with Gasteiger partial charge in [-0.15, -0.1) is 0 Å². The predicted molar refractivity (Wildman–Crippen MR) is 74.5 cm³/mol. The SMILES string of the molecule is COC1CCN(c2cc(N)cc(S(N)(=O)=O)c2)CC1. The van der Waals surface area contributed by atoms with Gasteiger partial charge in [-0.1, -0.05) is 0 Å². The van der Waals surface area contributed by atoms with E-state index in [0.717, 1.165) is 31.6 Å². The molecular formula is C12H19N3O3S. The maximum Gasteiger partial charge on any atom is 0.238 e. The Morgan fingerprint density at radius 1 is 1.26 bits per heavy atom. The van der Waals surface area contributed by atoms with E-state index in [0.29, 0.717) is 5.69 Å². The number of hydrogen-bond acceptors (Lipinski definition) is 5. The summed E-state index contributed by atoms with van der Waals surface area (Å²) in [5.74, 6) is 0. The highest BCUT2D eigenvalue weighted by atomic mass is 32.2. The number of benzene rings is 1. The molecule has 1 heterocycles. The minimum Gasteiger partial charge on any atom is -0.399 e. The number of hydrogen-bond donors (Lipinski definition) is 2. The average molecular weight is 285 g/mol. The van der Waals surface area contributed by atoms with Gasteiger partial charge in [0.1, 0.15) is 0 Å². The van der Waals surface area contributed by atoms with Crippen molar-refractivity contribution in [2.75, 3.05) is 30.8 Å². The molecular weight excluding hydrogens is 266 g/mol. The van der Waals surface area contributed by atoms with Gasteiger partial charge in [-0.25, -0.2) is 13.6 Å². The summed E-state index contributed by atoms with van der Waals surface area (Å²) in [6.07, 6.45) is 2.10. The molecule has 4 N–H and O–H groups in total. The fraction of sp³-hybridized carbons (Fsp3) is 0.500. The van der Waals surface area contributed by atoms with E-state index in [2.05, 4.69) is 4.90 Å². The van der Waals surface area contributed by atoms with Gasteiger partial charge in [-0.3, -0.25) is 0 Å². The van der Waals surface area contributed by atoms with Gasteiger partial charge in [0.05, 0.1) is 11.0 Å². The first-order valence-electron chi connectivity index (χ1n) is 6.11. The van der Waals surface area contributed by atoms with Crippen molar-refractivity contribution in [2.24, 2.45) is 5.14 Å². The van der Waals surface area contributed by atoms with Crippen molar-refractivity contribution in [1.82, 2.24) is 0 Å². The standard InChI is InChI=1S/C12H19N3O3S/c1-18-11-2-4-15(5-3-11)10-6-9(13)7-12(8-10)19(14,16)17/h6-8,11H,2-5,13H2,1H3,(H2,14,16,17). The van der Waals surface area contributed by atoms with Crippen LogP contribution in [0.2, 0.25) is 0 Å². The Bertz CT molecular complexity index is 551. The van der Waals surface area contributed by atoms with Crippen LogP contribution >= 0.6 is 0 Å². The Kier molecular flexibility index (Phi) is 3.98. The summed E-state index contributed by atoms with van der Waals surface area (Å²) >= 11 is 0. The lowest BCUT2D eigenvalue weighted by Gasteiger charge is -2.33. The second-order valence-corrected chi connectivity index (χ2v) is 6.29. The summed E-state index contributed by atoms with van der Waals surface area (Å²) < 4.78 is 28.1. The van der Waals surface area contributed by atoms with E-state index >= 15 is 0 Å². The quantitative estimate of drug-likeness (QED) is 0.789. The fourth-order valence-electron chi connectivity index (χ4n) is 2.30. The smallest absolute Gasteiger partial charge is 0.238 e. The van der Waals surface area contributed by atoms with Crippen LogP contribution in [0.5, 0.6) is 0 Å². The number of nitrogen functional groups attached to an aromatic ring is 1. The zero-order valence-corrected chi connectivity index (χ0v) is 11.7. The van der Waals surface area contributed by atoms with Crippen molar-refractivity contribution in [3.63, 3.8) is 0 Å². The van der Waals surface area contributed by atoms with Crippen LogP contribution in [-0.2, 0) is 14.8 Å². The molecule has 1 aromatic carbocycles. The molecule has 0 spiro atoms. The minimum atomic E-state index is -3.73. The average Bonchev–Trinajstić information content (AvgIpc) is 2.37. The summed E-state index contributed by atoms with van der Waals surface area (Å²) in [6.45, 7) is 1.62. The molecule has 0 saturated carbocycles. The Labute approximate surface area is 113 Å². The van der Waals surface area contributed by atoms with E-state index in [1.807, 2.05) is 0 Å². The molecule has 1 aliphatic heterocycles. The van der Waals surface area contributed by atoms with Crippen molar-refractivity contribution >= 4 is 21.4 Å². The Morgan fingerprint density at radius 3 is 2.42 bits per heavy atom. The lowest BCUT2D eigenvalue weighted by Crippen LogP contribution is -2.36. The molecule has 0 amide bonds. The normalized spacial score (nSPS) is 17.7. The zero-order chi connectivity index (χ0) is 14.0. The first-order valence-corrected chi connectivity index (χ1v) is 7.66. The topological polar surface area (TPSA) is 98.7 Å². The number of nitrogens with zero attached hydrogens (tertiary/aromatic N) is 1. The number of anilines is 2. The molecule has 1 aromatic rings. The molecule has 1 fully saturated rings. The van der Waals surface area contributed by atoms with Gasteiger partial charge in [0, 0.05) is 31.6 Å². The van der Waals surface area contributed by atoms with Crippen LogP contribution in [0.4, 0.5) is 11.4 Å². The third-order valence-corrected chi connectivity index (χ3v) is 4.28. The second kappa shape index (κ2) is 5.36. The number of sulfonamides is 1. The zero-order valence-electron chi connectivity index (χ0n) is 10.9. The molecule has 7 heteroatoms. The van der Waals surface area contributed by atoms with Crippen LogP contribution in [0.1, 0.15) is 12.8 Å². The third kappa shape index (κ3) is 3.37. The van der Waals surface area contributed by atoms with Crippen molar-refractivity contribution in [1.29, 1.82) is 0 Å². The van der Waals surface area contributed by atoms with Crippen LogP contribution in [-0.4, -0.2) is 34.7 Å². The molecule has 6 nitrogen and oxygen atoms in total. The third-order valence-electron chi connectivity index (χ3n) is 3.38. The van der Waals surface area contributed by atoms with E-state index in [1.165, 1.54) is 6.07 Å². The number of rotatable bonds is 3. The first-order chi connectivity index (χ1) is 8.90. The number of primary sulfonamides is 1. The molecule has 0 radical (unpaired) electrons. The van der Waals surface area contributed by atoms with Gasteiger partial charge in [0.15, 0.2) is 0 Å². The number of piperidine rings is 1. The van der Waals surface area contributed by atoms with Crippen LogP contribution in [0.3, 0.4) is 0 Å². The van der Waals surface area contributed by atoms with E-state index in [-0.39, 0.29) is 11.0 Å². The number of methoxy groups -OCH3 is 1. The molecule has 19 heavy (non-hydrogen) atoms. The molecule has 0 bridgehead atoms. The molecule has 0 aliphatic carbocycles. The molecule has 1 aliphatic rings. The molecule has 0 unspecified atom stereocenters. The van der Waals surface area contributed by atoms with E-state index in [4.69, 9.17) is 15.6 Å². The summed E-state index contributed by atoms with van der Waals surface area (Å²) in [4.78, 5) is 2.15. The molecule has 2 rings (SSSR count). The Balaban J connectivity index is 2.24. The second-order valence-electron chi connectivity index (χ2n) is 4.73. The lowest BCUT2D eigenvalue weighted by atomic mass is 10.1. The van der Waals surface area contributed by atoms with Crippen LogP contribution in [0.15, 0.2) is 23.1 Å². The Morgan fingerprint density at radius 2 is 1.89 bits per heavy atom. The van der Waals surface area contributed by atoms with Crippen molar-refractivity contribution in [3.8, 4) is 0 Å². The van der Waals surface area contributed by atoms with E-state index in [1.54, 1.807) is 19.2 Å². The van der Waals surface area contributed by atoms with E-state index in [9.17, 15) is 8.42 Å². The van der Waals surface area contributed by atoms with Crippen molar-refractivity contribution in [2.45, 2.75) is 23.8 Å². The summed E-state index contributed by atoms with van der Waals surface area (Å²) in [5, 5.41) is 5.15. The number of ether oxygens (including phenoxy) is 1. The fourth-order valence-corrected chi connectivity index (χ4v) is 2.89. The highest BCUT2D eigenvalue weighted by Gasteiger charge is 2.20. The van der Waals surface area contributed by atoms with Crippen molar-refractivity contribution < 1.29 is 13.2 Å². The van der Waals surface area contributed by atoms with Crippen LogP contribution in [0, 0.1) is 0 Å². The first kappa shape index (κ1) is 14.1. The minimum absolute atomic E-state index is 0.0522. The Hall–Kier alpha value is -1.31. The van der Waals surface area contributed by atoms with Crippen LogP contribution in [0.25, 0.3) is 0 Å². The maximum atomic E-state index is 11.4. The van der Waals surface area contributed by atoms with Gasteiger partial charge in [0.25, 0.3) is 0 Å². The predicted octanol–water partition coefficient (Wildman–Crippen LogP) is 0.531. The highest BCUT2D eigenvalue weighted by Crippen LogP contribution is 2.26. The maximum absolute atomic E-state index is 11.4. The largest absolute Gasteiger partial charge is 0.399 e. The molecule has 0 atom stereocenters. The van der Waals surface area contributed by atoms with Gasteiger partial charge >= 0.3 is 0 Å². The lowest BCUT2D eigenvalue weighted by molar-refractivity contribution is 0.0819. The van der Waals surface area contributed by atoms with Gasteiger partial charge in [-0.2, -0.15) is 0 Å². The molecule has 0 aromatic heterocycles. The van der Waals surface area contributed by atoms with Gasteiger partial charge < -0.3 is 15.4 Å². The van der Waals surface area contributed by atoms with Gasteiger partial charge in [0.2, 0.25) is 10.0 Å². The molecule has 1 saturated heterocycles. The highest BCUT2D eigenvalue weighted by molar-refractivity contribution is 7.89.